The molecule has 180 valence electrons. The quantitative estimate of drug-likeness (QED) is 0.554. The Morgan fingerprint density at radius 2 is 1.73 bits per heavy atom. The summed E-state index contributed by atoms with van der Waals surface area (Å²) in [5, 5.41) is 10.5. The maximum Gasteiger partial charge on any atom is 0.231 e. The van der Waals surface area contributed by atoms with E-state index in [0.29, 0.717) is 47.1 Å². The Bertz CT molecular complexity index is 1610. The molecule has 3 aromatic carbocycles. The van der Waals surface area contributed by atoms with Crippen molar-refractivity contribution >= 4 is 17.3 Å². The molecule has 3 heterocycles. The molecule has 7 rings (SSSR count). The van der Waals surface area contributed by atoms with E-state index in [4.69, 9.17) is 20.2 Å². The van der Waals surface area contributed by atoms with Crippen LogP contribution in [0.25, 0.3) is 0 Å². The van der Waals surface area contributed by atoms with Crippen LogP contribution in [0.15, 0.2) is 100 Å². The molecule has 0 unspecified atom stereocenters. The van der Waals surface area contributed by atoms with Gasteiger partial charge in [0.05, 0.1) is 23.2 Å². The Hall–Kier alpha value is -4.83. The van der Waals surface area contributed by atoms with Crippen molar-refractivity contribution in [1.29, 1.82) is 5.26 Å². The monoisotopic (exact) mass is 486 g/mol. The minimum absolute atomic E-state index is 0.0187. The van der Waals surface area contributed by atoms with Crippen molar-refractivity contribution in [1.82, 2.24) is 0 Å². The van der Waals surface area contributed by atoms with E-state index in [9.17, 15) is 10.1 Å². The van der Waals surface area contributed by atoms with Gasteiger partial charge >= 0.3 is 0 Å². The Balaban J connectivity index is 1.48. The van der Waals surface area contributed by atoms with E-state index in [0.717, 1.165) is 28.1 Å². The van der Waals surface area contributed by atoms with Gasteiger partial charge in [-0.25, -0.2) is 4.99 Å². The number of benzene rings is 3. The molecule has 7 heteroatoms. The number of para-hydroxylation sites is 1. The number of carbonyl (C=O) groups excluding carboxylic acids is 1. The SMILES string of the molecule is N#CC1=C2N=C(N)c3ccccc3N2C2=C(C(=O)C[C@@H](c3ccccc3)C2)[C@@H]1c1ccc2c(c1)OCO2. The van der Waals surface area contributed by atoms with E-state index < -0.39 is 5.92 Å². The first-order valence-electron chi connectivity index (χ1n) is 12.2. The Kier molecular flexibility index (Phi) is 4.70. The van der Waals surface area contributed by atoms with Crippen molar-refractivity contribution in [3.8, 4) is 17.6 Å². The van der Waals surface area contributed by atoms with Crippen molar-refractivity contribution in [3.05, 3.63) is 112 Å². The first-order valence-corrected chi connectivity index (χ1v) is 12.2. The highest BCUT2D eigenvalue weighted by atomic mass is 16.7. The molecule has 3 aliphatic heterocycles. The molecule has 0 radical (unpaired) electrons. The third-order valence-corrected chi connectivity index (χ3v) is 7.55. The molecule has 0 fully saturated rings. The lowest BCUT2D eigenvalue weighted by atomic mass is 9.71. The zero-order chi connectivity index (χ0) is 25.1. The van der Waals surface area contributed by atoms with Gasteiger partial charge in [0.25, 0.3) is 0 Å². The fourth-order valence-corrected chi connectivity index (χ4v) is 5.90. The number of Topliss-reactive ketones (excluding diaryl/α,β-unsaturated/α-hetero) is 1. The fraction of sp³-hybridized carbons (Fsp3) is 0.167. The van der Waals surface area contributed by atoms with Crippen molar-refractivity contribution in [2.45, 2.75) is 24.7 Å². The van der Waals surface area contributed by atoms with Crippen LogP contribution in [0.5, 0.6) is 11.5 Å². The molecule has 3 aromatic rings. The topological polar surface area (TPSA) is 101 Å². The number of ketones is 1. The van der Waals surface area contributed by atoms with Gasteiger partial charge in [-0.15, -0.1) is 0 Å². The van der Waals surface area contributed by atoms with Crippen LogP contribution in [0, 0.1) is 11.3 Å². The van der Waals surface area contributed by atoms with Crippen LogP contribution < -0.4 is 20.1 Å². The molecular formula is C30H22N4O3. The lowest BCUT2D eigenvalue weighted by Crippen LogP contribution is -2.40. The number of ether oxygens (including phenoxy) is 2. The number of anilines is 1. The second-order valence-electron chi connectivity index (χ2n) is 9.54. The summed E-state index contributed by atoms with van der Waals surface area (Å²) in [5.74, 6) is 1.55. The molecule has 0 bridgehead atoms. The minimum atomic E-state index is -0.577. The predicted octanol–water partition coefficient (Wildman–Crippen LogP) is 4.87. The van der Waals surface area contributed by atoms with Gasteiger partial charge < -0.3 is 15.2 Å². The molecule has 0 saturated heterocycles. The first-order chi connectivity index (χ1) is 18.1. The maximum absolute atomic E-state index is 14.0. The van der Waals surface area contributed by atoms with Gasteiger partial charge in [0.2, 0.25) is 6.79 Å². The summed E-state index contributed by atoms with van der Waals surface area (Å²) < 4.78 is 11.1. The summed E-state index contributed by atoms with van der Waals surface area (Å²) in [4.78, 5) is 20.7. The zero-order valence-electron chi connectivity index (χ0n) is 19.8. The van der Waals surface area contributed by atoms with Gasteiger partial charge in [-0.1, -0.05) is 48.5 Å². The minimum Gasteiger partial charge on any atom is -0.454 e. The summed E-state index contributed by atoms with van der Waals surface area (Å²) in [5.41, 5.74) is 11.8. The number of nitrogens with zero attached hydrogens (tertiary/aromatic N) is 3. The van der Waals surface area contributed by atoms with Gasteiger partial charge in [0.15, 0.2) is 23.1 Å². The Labute approximate surface area is 213 Å². The average molecular weight is 487 g/mol. The van der Waals surface area contributed by atoms with E-state index >= 15 is 0 Å². The number of amidine groups is 1. The number of rotatable bonds is 2. The molecular weight excluding hydrogens is 464 g/mol. The highest BCUT2D eigenvalue weighted by Crippen LogP contribution is 2.52. The summed E-state index contributed by atoms with van der Waals surface area (Å²) in [6.07, 6.45) is 1.01. The van der Waals surface area contributed by atoms with Crippen molar-refractivity contribution in [2.75, 3.05) is 11.7 Å². The van der Waals surface area contributed by atoms with Gasteiger partial charge in [-0.3, -0.25) is 9.69 Å². The number of aliphatic imine (C=N–C) groups is 1. The first kappa shape index (κ1) is 21.5. The number of allylic oxidation sites excluding steroid dienone is 3. The highest BCUT2D eigenvalue weighted by Gasteiger charge is 2.45. The van der Waals surface area contributed by atoms with Crippen molar-refractivity contribution < 1.29 is 14.3 Å². The van der Waals surface area contributed by atoms with Crippen LogP contribution in [-0.4, -0.2) is 18.4 Å². The average Bonchev–Trinajstić information content (AvgIpc) is 3.41. The van der Waals surface area contributed by atoms with Crippen LogP contribution >= 0.6 is 0 Å². The van der Waals surface area contributed by atoms with E-state index in [1.165, 1.54) is 0 Å². The lowest BCUT2D eigenvalue weighted by Gasteiger charge is -2.43. The van der Waals surface area contributed by atoms with Gasteiger partial charge in [0, 0.05) is 23.3 Å². The second-order valence-corrected chi connectivity index (χ2v) is 9.54. The van der Waals surface area contributed by atoms with E-state index in [-0.39, 0.29) is 18.5 Å². The summed E-state index contributed by atoms with van der Waals surface area (Å²) >= 11 is 0. The zero-order valence-corrected chi connectivity index (χ0v) is 19.8. The molecule has 37 heavy (non-hydrogen) atoms. The highest BCUT2D eigenvalue weighted by molar-refractivity contribution is 6.08. The Morgan fingerprint density at radius 3 is 2.57 bits per heavy atom. The predicted molar refractivity (Wildman–Crippen MR) is 138 cm³/mol. The number of nitrogens with two attached hydrogens (primary N) is 1. The third kappa shape index (κ3) is 3.19. The van der Waals surface area contributed by atoms with Gasteiger partial charge in [0.1, 0.15) is 5.84 Å². The maximum atomic E-state index is 14.0. The smallest absolute Gasteiger partial charge is 0.231 e. The summed E-state index contributed by atoms with van der Waals surface area (Å²) in [7, 11) is 0. The largest absolute Gasteiger partial charge is 0.454 e. The van der Waals surface area contributed by atoms with Crippen LogP contribution in [0.1, 0.15) is 41.4 Å². The second kappa shape index (κ2) is 8.10. The molecule has 7 nitrogen and oxygen atoms in total. The third-order valence-electron chi connectivity index (χ3n) is 7.55. The van der Waals surface area contributed by atoms with Crippen LogP contribution in [0.4, 0.5) is 5.69 Å². The van der Waals surface area contributed by atoms with Crippen LogP contribution in [0.2, 0.25) is 0 Å². The van der Waals surface area contributed by atoms with Crippen molar-refractivity contribution in [2.24, 2.45) is 10.7 Å². The summed E-state index contributed by atoms with van der Waals surface area (Å²) in [6.45, 7) is 0.146. The molecule has 1 aliphatic carbocycles. The molecule has 0 amide bonds. The molecule has 4 aliphatic rings. The lowest BCUT2D eigenvalue weighted by molar-refractivity contribution is -0.116. The number of fused-ring (bicyclic) bond motifs is 5. The van der Waals surface area contributed by atoms with E-state index in [2.05, 4.69) is 18.2 Å². The molecule has 2 atom stereocenters. The molecule has 2 N–H and O–H groups in total. The van der Waals surface area contributed by atoms with Gasteiger partial charge in [-0.05, 0) is 47.7 Å². The van der Waals surface area contributed by atoms with E-state index in [1.54, 1.807) is 0 Å². The van der Waals surface area contributed by atoms with Gasteiger partial charge in [-0.2, -0.15) is 5.26 Å². The number of hydrogen-bond acceptors (Lipinski definition) is 7. The van der Waals surface area contributed by atoms with Crippen LogP contribution in [-0.2, 0) is 4.79 Å². The molecule has 0 spiro atoms. The normalized spacial score (nSPS) is 21.6. The standard InChI is InChI=1S/C30H22N4O3/c31-15-21-27(18-10-11-25-26(14-18)37-16-36-25)28-23(12-19(13-24(28)35)17-6-2-1-3-7-17)34-22-9-5-4-8-20(22)29(32)33-30(21)34/h1-11,14,19,27H,12-13,16H2,(H2,32,33)/t19-,27+/m0/s1. The molecule has 0 aromatic heterocycles. The molecule has 0 saturated carbocycles. The fourth-order valence-electron chi connectivity index (χ4n) is 5.90. The van der Waals surface area contributed by atoms with Crippen LogP contribution in [0.3, 0.4) is 0 Å². The summed E-state index contributed by atoms with van der Waals surface area (Å²) in [6, 6.07) is 25.8. The number of carbonyl (C=O) groups is 1. The number of hydrogen-bond donors (Lipinski definition) is 1. The Morgan fingerprint density at radius 1 is 0.946 bits per heavy atom. The number of nitriles is 1. The van der Waals surface area contributed by atoms with E-state index in [1.807, 2.05) is 65.6 Å². The van der Waals surface area contributed by atoms with Crippen molar-refractivity contribution in [3.63, 3.8) is 0 Å².